The maximum absolute atomic E-state index is 12.2. The van der Waals surface area contributed by atoms with Crippen molar-refractivity contribution in [2.45, 2.75) is 24.2 Å². The molecule has 3 rings (SSSR count). The third kappa shape index (κ3) is 4.23. The van der Waals surface area contributed by atoms with Gasteiger partial charge in [-0.05, 0) is 31.4 Å². The summed E-state index contributed by atoms with van der Waals surface area (Å²) in [4.78, 5) is 11.1. The normalized spacial score (nSPS) is 14.8. The van der Waals surface area contributed by atoms with Crippen LogP contribution >= 0.6 is 0 Å². The molecule has 1 saturated heterocycles. The largest absolute Gasteiger partial charge is 0.370 e. The molecule has 1 aromatic heterocycles. The number of anilines is 2. The van der Waals surface area contributed by atoms with E-state index in [4.69, 9.17) is 0 Å². The number of nitrogens with one attached hydrogen (secondary N) is 1. The van der Waals surface area contributed by atoms with Crippen LogP contribution in [0.15, 0.2) is 47.6 Å². The van der Waals surface area contributed by atoms with Crippen molar-refractivity contribution in [1.82, 2.24) is 9.97 Å². The summed E-state index contributed by atoms with van der Waals surface area (Å²) in [6.07, 6.45) is 4.48. The fourth-order valence-corrected chi connectivity index (χ4v) is 4.12. The van der Waals surface area contributed by atoms with Crippen LogP contribution in [0.25, 0.3) is 0 Å². The van der Waals surface area contributed by atoms with Crippen LogP contribution in [0.5, 0.6) is 0 Å². The molecule has 0 amide bonds. The lowest BCUT2D eigenvalue weighted by Crippen LogP contribution is -2.19. The molecule has 128 valence electrons. The average Bonchev–Trinajstić information content (AvgIpc) is 3.15. The zero-order chi connectivity index (χ0) is 16.8. The first-order valence-electron chi connectivity index (χ1n) is 8.24. The van der Waals surface area contributed by atoms with Gasteiger partial charge < -0.3 is 10.2 Å². The molecular weight excluding hydrogens is 324 g/mol. The molecule has 1 aromatic carbocycles. The molecule has 0 spiro atoms. The van der Waals surface area contributed by atoms with Gasteiger partial charge in [0.15, 0.2) is 9.84 Å². The fourth-order valence-electron chi connectivity index (χ4n) is 2.79. The van der Waals surface area contributed by atoms with Crippen LogP contribution in [-0.2, 0) is 9.84 Å². The van der Waals surface area contributed by atoms with Crippen LogP contribution < -0.4 is 10.2 Å². The minimum atomic E-state index is -3.22. The summed E-state index contributed by atoms with van der Waals surface area (Å²) in [6, 6.07) is 10.5. The Kier molecular flexibility index (Phi) is 5.30. The van der Waals surface area contributed by atoms with E-state index in [0.29, 0.717) is 17.9 Å². The Labute approximate surface area is 142 Å². The molecule has 1 aliphatic heterocycles. The molecule has 0 radical (unpaired) electrons. The molecular formula is C17H22N4O2S. The highest BCUT2D eigenvalue weighted by molar-refractivity contribution is 7.91. The van der Waals surface area contributed by atoms with Gasteiger partial charge >= 0.3 is 0 Å². The number of hydrogen-bond donors (Lipinski definition) is 1. The van der Waals surface area contributed by atoms with Gasteiger partial charge in [0.2, 0.25) is 0 Å². The van der Waals surface area contributed by atoms with Crippen LogP contribution in [0.2, 0.25) is 0 Å². The Balaban J connectivity index is 1.51. The minimum Gasteiger partial charge on any atom is -0.370 e. The van der Waals surface area contributed by atoms with E-state index in [0.717, 1.165) is 24.7 Å². The van der Waals surface area contributed by atoms with Gasteiger partial charge in [-0.3, -0.25) is 0 Å². The van der Waals surface area contributed by atoms with Crippen molar-refractivity contribution >= 4 is 21.5 Å². The number of sulfone groups is 1. The topological polar surface area (TPSA) is 75.2 Å². The molecule has 1 fully saturated rings. The van der Waals surface area contributed by atoms with Crippen LogP contribution in [0.1, 0.15) is 19.3 Å². The van der Waals surface area contributed by atoms with E-state index in [9.17, 15) is 8.42 Å². The number of rotatable bonds is 7. The van der Waals surface area contributed by atoms with Crippen LogP contribution in [0, 0.1) is 0 Å². The second-order valence-electron chi connectivity index (χ2n) is 5.87. The van der Waals surface area contributed by atoms with E-state index in [1.807, 2.05) is 12.1 Å². The van der Waals surface area contributed by atoms with Crippen LogP contribution in [0.4, 0.5) is 11.6 Å². The van der Waals surface area contributed by atoms with Gasteiger partial charge in [0.05, 0.1) is 10.6 Å². The molecule has 0 unspecified atom stereocenters. The Morgan fingerprint density at radius 3 is 2.58 bits per heavy atom. The molecule has 24 heavy (non-hydrogen) atoms. The summed E-state index contributed by atoms with van der Waals surface area (Å²) in [7, 11) is -3.22. The first-order chi connectivity index (χ1) is 11.6. The van der Waals surface area contributed by atoms with Gasteiger partial charge in [-0.1, -0.05) is 18.2 Å². The molecule has 1 aliphatic rings. The maximum atomic E-state index is 12.2. The maximum Gasteiger partial charge on any atom is 0.178 e. The standard InChI is InChI=1S/C17H22N4O2S/c22-24(23,15-7-2-1-3-8-15)12-6-9-18-16-13-17(20-14-19-16)21-10-4-5-11-21/h1-3,7-8,13-14H,4-6,9-12H2,(H,18,19,20). The van der Waals surface area contributed by atoms with Crippen LogP contribution in [0.3, 0.4) is 0 Å². The van der Waals surface area contributed by atoms with Crippen molar-refractivity contribution in [2.24, 2.45) is 0 Å². The van der Waals surface area contributed by atoms with E-state index in [1.54, 1.807) is 30.6 Å². The summed E-state index contributed by atoms with van der Waals surface area (Å²) in [5, 5.41) is 3.19. The molecule has 0 bridgehead atoms. The third-order valence-corrected chi connectivity index (χ3v) is 5.90. The first kappa shape index (κ1) is 16.7. The van der Waals surface area contributed by atoms with Crippen molar-refractivity contribution in [1.29, 1.82) is 0 Å². The Morgan fingerprint density at radius 2 is 1.83 bits per heavy atom. The van der Waals surface area contributed by atoms with E-state index in [2.05, 4.69) is 20.2 Å². The number of aromatic nitrogens is 2. The van der Waals surface area contributed by atoms with E-state index in [1.165, 1.54) is 12.8 Å². The zero-order valence-corrected chi connectivity index (χ0v) is 14.4. The summed E-state index contributed by atoms with van der Waals surface area (Å²) in [5.74, 6) is 1.79. The summed E-state index contributed by atoms with van der Waals surface area (Å²) in [6.45, 7) is 2.63. The lowest BCUT2D eigenvalue weighted by atomic mass is 10.4. The Morgan fingerprint density at radius 1 is 1.08 bits per heavy atom. The summed E-state index contributed by atoms with van der Waals surface area (Å²) >= 11 is 0. The highest BCUT2D eigenvalue weighted by Crippen LogP contribution is 2.19. The summed E-state index contributed by atoms with van der Waals surface area (Å²) < 4.78 is 24.4. The smallest absolute Gasteiger partial charge is 0.178 e. The van der Waals surface area contributed by atoms with Crippen molar-refractivity contribution in [3.63, 3.8) is 0 Å². The fraction of sp³-hybridized carbons (Fsp3) is 0.412. The average molecular weight is 346 g/mol. The molecule has 2 aromatic rings. The predicted octanol–water partition coefficient (Wildman–Crippen LogP) is 2.35. The first-order valence-corrected chi connectivity index (χ1v) is 9.89. The molecule has 6 nitrogen and oxygen atoms in total. The van der Waals surface area contributed by atoms with Gasteiger partial charge in [-0.15, -0.1) is 0 Å². The molecule has 0 saturated carbocycles. The molecule has 1 N–H and O–H groups in total. The second kappa shape index (κ2) is 7.61. The molecule has 0 aliphatic carbocycles. The van der Waals surface area contributed by atoms with Crippen molar-refractivity contribution < 1.29 is 8.42 Å². The van der Waals surface area contributed by atoms with E-state index >= 15 is 0 Å². The quantitative estimate of drug-likeness (QED) is 0.776. The minimum absolute atomic E-state index is 0.119. The van der Waals surface area contributed by atoms with E-state index < -0.39 is 9.84 Å². The van der Waals surface area contributed by atoms with Crippen molar-refractivity contribution in [2.75, 3.05) is 35.6 Å². The van der Waals surface area contributed by atoms with E-state index in [-0.39, 0.29) is 5.75 Å². The number of hydrogen-bond acceptors (Lipinski definition) is 6. The SMILES string of the molecule is O=S(=O)(CCCNc1cc(N2CCCC2)ncn1)c1ccccc1. The number of benzene rings is 1. The highest BCUT2D eigenvalue weighted by atomic mass is 32.2. The number of nitrogens with zero attached hydrogens (tertiary/aromatic N) is 3. The van der Waals surface area contributed by atoms with Crippen molar-refractivity contribution in [3.8, 4) is 0 Å². The third-order valence-electron chi connectivity index (χ3n) is 4.08. The predicted molar refractivity (Wildman–Crippen MR) is 95.1 cm³/mol. The van der Waals surface area contributed by atoms with Gasteiger partial charge in [-0.2, -0.15) is 0 Å². The van der Waals surface area contributed by atoms with Crippen LogP contribution in [-0.4, -0.2) is 43.8 Å². The van der Waals surface area contributed by atoms with Crippen molar-refractivity contribution in [3.05, 3.63) is 42.7 Å². The molecule has 2 heterocycles. The lowest BCUT2D eigenvalue weighted by molar-refractivity contribution is 0.594. The Hall–Kier alpha value is -2.15. The zero-order valence-electron chi connectivity index (χ0n) is 13.6. The van der Waals surface area contributed by atoms with Gasteiger partial charge in [0.1, 0.15) is 18.0 Å². The van der Waals surface area contributed by atoms with Gasteiger partial charge in [-0.25, -0.2) is 18.4 Å². The second-order valence-corrected chi connectivity index (χ2v) is 7.98. The molecule has 0 atom stereocenters. The highest BCUT2D eigenvalue weighted by Gasteiger charge is 2.15. The summed E-state index contributed by atoms with van der Waals surface area (Å²) in [5.41, 5.74) is 0. The molecule has 7 heteroatoms. The Bertz CT molecular complexity index is 759. The van der Waals surface area contributed by atoms with Gasteiger partial charge in [0, 0.05) is 25.7 Å². The monoisotopic (exact) mass is 346 g/mol. The van der Waals surface area contributed by atoms with Gasteiger partial charge in [0.25, 0.3) is 0 Å². The lowest BCUT2D eigenvalue weighted by Gasteiger charge is -2.16.